The van der Waals surface area contributed by atoms with Gasteiger partial charge in [0.05, 0.1) is 11.9 Å². The lowest BCUT2D eigenvalue weighted by molar-refractivity contribution is -0.144. The van der Waals surface area contributed by atoms with Gasteiger partial charge in [0.15, 0.2) is 0 Å². The standard InChI is InChI=1S/C34H34N2O5S/c1-40-32(38)30(36-31(37)22-23-35-33(39)41-24-26-14-6-2-7-15-26)25-42-34(27-16-8-3-9-17-27,28-18-10-4-11-19-28)29-20-12-5-13-21-29/h2-21,30H,22-25H2,1H3,(H,35,39)(H,36,37)/t30-/m0/s1. The van der Waals surface area contributed by atoms with Gasteiger partial charge in [-0.05, 0) is 22.3 Å². The lowest BCUT2D eigenvalue weighted by Crippen LogP contribution is -2.45. The highest BCUT2D eigenvalue weighted by Gasteiger charge is 2.38. The largest absolute Gasteiger partial charge is 0.467 e. The van der Waals surface area contributed by atoms with Crippen molar-refractivity contribution in [1.29, 1.82) is 0 Å². The lowest BCUT2D eigenvalue weighted by atomic mass is 9.84. The highest BCUT2D eigenvalue weighted by molar-refractivity contribution is 8.00. The molecule has 4 rings (SSSR count). The number of amides is 2. The van der Waals surface area contributed by atoms with Crippen LogP contribution in [0, 0.1) is 0 Å². The monoisotopic (exact) mass is 582 g/mol. The molecule has 0 radical (unpaired) electrons. The number of rotatable bonds is 13. The van der Waals surface area contributed by atoms with E-state index in [1.54, 1.807) is 11.8 Å². The van der Waals surface area contributed by atoms with Gasteiger partial charge in [0.1, 0.15) is 12.6 Å². The van der Waals surface area contributed by atoms with E-state index in [1.165, 1.54) is 7.11 Å². The summed E-state index contributed by atoms with van der Waals surface area (Å²) in [5, 5.41) is 5.38. The van der Waals surface area contributed by atoms with Crippen LogP contribution in [0.2, 0.25) is 0 Å². The van der Waals surface area contributed by atoms with Crippen molar-refractivity contribution in [2.24, 2.45) is 0 Å². The zero-order valence-corrected chi connectivity index (χ0v) is 24.2. The number of hydrogen-bond acceptors (Lipinski definition) is 6. The van der Waals surface area contributed by atoms with Crippen molar-refractivity contribution in [2.45, 2.75) is 23.8 Å². The molecule has 2 amide bonds. The molecule has 0 spiro atoms. The highest BCUT2D eigenvalue weighted by Crippen LogP contribution is 2.48. The summed E-state index contributed by atoms with van der Waals surface area (Å²) in [5.74, 6) is -0.697. The number of carbonyl (C=O) groups excluding carboxylic acids is 3. The third-order valence-electron chi connectivity index (χ3n) is 6.66. The zero-order chi connectivity index (χ0) is 29.6. The Balaban J connectivity index is 1.46. The molecule has 8 heteroatoms. The molecule has 7 nitrogen and oxygen atoms in total. The second-order valence-electron chi connectivity index (χ2n) is 9.47. The van der Waals surface area contributed by atoms with Crippen LogP contribution >= 0.6 is 11.8 Å². The second-order valence-corrected chi connectivity index (χ2v) is 10.7. The molecule has 0 saturated carbocycles. The average molecular weight is 583 g/mol. The summed E-state index contributed by atoms with van der Waals surface area (Å²) in [6.45, 7) is 0.189. The van der Waals surface area contributed by atoms with Crippen molar-refractivity contribution >= 4 is 29.7 Å². The quantitative estimate of drug-likeness (QED) is 0.156. The van der Waals surface area contributed by atoms with Crippen LogP contribution in [0.1, 0.15) is 28.7 Å². The Bertz CT molecular complexity index is 1320. The Morgan fingerprint density at radius 3 is 1.69 bits per heavy atom. The van der Waals surface area contributed by atoms with Crippen LogP contribution in [-0.4, -0.2) is 43.4 Å². The Hall–Kier alpha value is -4.56. The van der Waals surface area contributed by atoms with Crippen LogP contribution in [0.3, 0.4) is 0 Å². The van der Waals surface area contributed by atoms with E-state index in [1.807, 2.05) is 84.9 Å². The first-order chi connectivity index (χ1) is 20.5. The molecule has 0 heterocycles. The third kappa shape index (κ3) is 8.01. The van der Waals surface area contributed by atoms with Gasteiger partial charge in [-0.1, -0.05) is 121 Å². The number of nitrogens with one attached hydrogen (secondary N) is 2. The molecule has 4 aromatic rings. The summed E-state index contributed by atoms with van der Waals surface area (Å²) < 4.78 is 9.58. The molecule has 0 saturated heterocycles. The highest BCUT2D eigenvalue weighted by atomic mass is 32.2. The van der Waals surface area contributed by atoms with Crippen molar-refractivity contribution in [3.8, 4) is 0 Å². The number of ether oxygens (including phenoxy) is 2. The van der Waals surface area contributed by atoms with Gasteiger partial charge in [-0.2, -0.15) is 0 Å². The molecule has 0 aliphatic carbocycles. The minimum absolute atomic E-state index is 0.0280. The first-order valence-corrected chi connectivity index (χ1v) is 14.6. The number of thioether (sulfide) groups is 1. The van der Waals surface area contributed by atoms with Gasteiger partial charge < -0.3 is 20.1 Å². The Labute approximate surface area is 250 Å². The summed E-state index contributed by atoms with van der Waals surface area (Å²) in [5.41, 5.74) is 3.99. The molecule has 0 aromatic heterocycles. The molecule has 216 valence electrons. The summed E-state index contributed by atoms with van der Waals surface area (Å²) >= 11 is 1.55. The van der Waals surface area contributed by atoms with Crippen LogP contribution in [0.25, 0.3) is 0 Å². The fourth-order valence-electron chi connectivity index (χ4n) is 4.61. The summed E-state index contributed by atoms with van der Waals surface area (Å²) in [7, 11) is 1.30. The average Bonchev–Trinajstić information content (AvgIpc) is 3.05. The number of benzene rings is 4. The molecule has 0 unspecified atom stereocenters. The lowest BCUT2D eigenvalue weighted by Gasteiger charge is -2.36. The van der Waals surface area contributed by atoms with Gasteiger partial charge in [0.2, 0.25) is 5.91 Å². The van der Waals surface area contributed by atoms with Gasteiger partial charge in [-0.25, -0.2) is 9.59 Å². The third-order valence-corrected chi connectivity index (χ3v) is 8.30. The summed E-state index contributed by atoms with van der Waals surface area (Å²) in [4.78, 5) is 37.7. The van der Waals surface area contributed by atoms with Gasteiger partial charge in [0, 0.05) is 18.7 Å². The molecular weight excluding hydrogens is 548 g/mol. The van der Waals surface area contributed by atoms with E-state index in [0.717, 1.165) is 22.3 Å². The molecule has 0 aliphatic rings. The molecule has 1 atom stereocenters. The van der Waals surface area contributed by atoms with Crippen molar-refractivity contribution < 1.29 is 23.9 Å². The molecular formula is C34H34N2O5S. The first kappa shape index (κ1) is 30.4. The zero-order valence-electron chi connectivity index (χ0n) is 23.4. The summed E-state index contributed by atoms with van der Waals surface area (Å²) in [6, 6.07) is 38.7. The molecule has 0 aliphatic heterocycles. The number of hydrogen-bond donors (Lipinski definition) is 2. The van der Waals surface area contributed by atoms with Crippen molar-refractivity contribution in [2.75, 3.05) is 19.4 Å². The van der Waals surface area contributed by atoms with E-state index in [2.05, 4.69) is 47.0 Å². The van der Waals surface area contributed by atoms with Gasteiger partial charge in [-0.3, -0.25) is 4.79 Å². The van der Waals surface area contributed by atoms with E-state index in [4.69, 9.17) is 9.47 Å². The van der Waals surface area contributed by atoms with E-state index in [9.17, 15) is 14.4 Å². The minimum atomic E-state index is -0.909. The van der Waals surface area contributed by atoms with E-state index >= 15 is 0 Å². The van der Waals surface area contributed by atoms with Crippen LogP contribution in [0.15, 0.2) is 121 Å². The number of methoxy groups -OCH3 is 1. The number of carbonyl (C=O) groups is 3. The van der Waals surface area contributed by atoms with Crippen molar-refractivity contribution in [1.82, 2.24) is 10.6 Å². The predicted octanol–water partition coefficient (Wildman–Crippen LogP) is 5.69. The normalized spacial score (nSPS) is 11.6. The van der Waals surface area contributed by atoms with Crippen molar-refractivity contribution in [3.63, 3.8) is 0 Å². The Morgan fingerprint density at radius 1 is 0.738 bits per heavy atom. The predicted molar refractivity (Wildman–Crippen MR) is 165 cm³/mol. The topological polar surface area (TPSA) is 93.7 Å². The maximum Gasteiger partial charge on any atom is 0.407 e. The molecule has 2 N–H and O–H groups in total. The second kappa shape index (κ2) is 15.4. The van der Waals surface area contributed by atoms with E-state index in [-0.39, 0.29) is 31.2 Å². The van der Waals surface area contributed by atoms with E-state index in [0.29, 0.717) is 0 Å². The Morgan fingerprint density at radius 2 is 1.21 bits per heavy atom. The number of alkyl carbamates (subject to hydrolysis) is 1. The van der Waals surface area contributed by atoms with Crippen LogP contribution < -0.4 is 10.6 Å². The fourth-order valence-corrected chi connectivity index (χ4v) is 6.15. The van der Waals surface area contributed by atoms with Crippen LogP contribution in [0.4, 0.5) is 4.79 Å². The fraction of sp³-hybridized carbons (Fsp3) is 0.206. The summed E-state index contributed by atoms with van der Waals surface area (Å²) in [6.07, 6.45) is -0.648. The van der Waals surface area contributed by atoms with Gasteiger partial charge >= 0.3 is 12.1 Å². The number of esters is 1. The van der Waals surface area contributed by atoms with Crippen LogP contribution in [0.5, 0.6) is 0 Å². The van der Waals surface area contributed by atoms with Crippen molar-refractivity contribution in [3.05, 3.63) is 144 Å². The minimum Gasteiger partial charge on any atom is -0.467 e. The molecule has 0 fully saturated rings. The maximum absolute atomic E-state index is 12.8. The van der Waals surface area contributed by atoms with Gasteiger partial charge in [0.25, 0.3) is 0 Å². The van der Waals surface area contributed by atoms with E-state index < -0.39 is 22.9 Å². The molecule has 42 heavy (non-hydrogen) atoms. The SMILES string of the molecule is COC(=O)[C@H](CSC(c1ccccc1)(c1ccccc1)c1ccccc1)NC(=O)CCNC(=O)OCc1ccccc1. The maximum atomic E-state index is 12.8. The first-order valence-electron chi connectivity index (χ1n) is 13.6. The van der Waals surface area contributed by atoms with Crippen LogP contribution in [-0.2, 0) is 30.4 Å². The molecule has 0 bridgehead atoms. The van der Waals surface area contributed by atoms with Gasteiger partial charge in [-0.15, -0.1) is 11.8 Å². The molecule has 4 aromatic carbocycles. The smallest absolute Gasteiger partial charge is 0.407 e. The Kier molecular flexibility index (Phi) is 11.2.